The van der Waals surface area contributed by atoms with Crippen LogP contribution in [0.2, 0.25) is 0 Å². The third-order valence-corrected chi connectivity index (χ3v) is 7.04. The van der Waals surface area contributed by atoms with Crippen LogP contribution in [0.3, 0.4) is 0 Å². The summed E-state index contributed by atoms with van der Waals surface area (Å²) in [4.78, 5) is 11.6. The topological polar surface area (TPSA) is 78.8 Å². The first-order valence-electron chi connectivity index (χ1n) is 11.5. The summed E-state index contributed by atoms with van der Waals surface area (Å²) in [5, 5.41) is 23.9. The van der Waals surface area contributed by atoms with Gasteiger partial charge in [-0.25, -0.2) is 0 Å². The second kappa shape index (κ2) is 9.21. The summed E-state index contributed by atoms with van der Waals surface area (Å²) >= 11 is 0. The molecule has 3 N–H and O–H groups in total. The van der Waals surface area contributed by atoms with Gasteiger partial charge >= 0.3 is 5.97 Å². The standard InChI is InChI=1S/C26H33NO4/c1-16(7-6-10-18-8-4-3-5-9-18)31-20-14-23-25(24(28)15-20)22-13-19(26(29)30)11-12-21(22)17(2)27-23/h3-5,8-9,14-17,19,21-22,27-28H,6-7,10-13H2,1-2H3,(H,29,30)/t16?,17?,19-,21-,22-/m1/s1. The average molecular weight is 424 g/mol. The van der Waals surface area contributed by atoms with Crippen LogP contribution in [0.25, 0.3) is 0 Å². The van der Waals surface area contributed by atoms with Gasteiger partial charge in [-0.05, 0) is 69.8 Å². The molecule has 2 aromatic carbocycles. The quantitative estimate of drug-likeness (QED) is 0.542. The van der Waals surface area contributed by atoms with Crippen LogP contribution in [0.1, 0.15) is 63.0 Å². The minimum absolute atomic E-state index is 0.0426. The zero-order chi connectivity index (χ0) is 22.0. The van der Waals surface area contributed by atoms with E-state index < -0.39 is 5.97 Å². The summed E-state index contributed by atoms with van der Waals surface area (Å²) in [5.74, 6) is 0.224. The Morgan fingerprint density at radius 2 is 2.00 bits per heavy atom. The molecule has 0 saturated heterocycles. The molecule has 0 radical (unpaired) electrons. The number of rotatable bonds is 7. The molecule has 1 heterocycles. The van der Waals surface area contributed by atoms with Crippen molar-refractivity contribution in [2.24, 2.45) is 11.8 Å². The van der Waals surface area contributed by atoms with Crippen molar-refractivity contribution in [1.29, 1.82) is 0 Å². The lowest BCUT2D eigenvalue weighted by atomic mass is 9.66. The van der Waals surface area contributed by atoms with Gasteiger partial charge in [0.1, 0.15) is 11.5 Å². The molecule has 2 aromatic rings. The Bertz CT molecular complexity index is 913. The Morgan fingerprint density at radius 1 is 1.23 bits per heavy atom. The van der Waals surface area contributed by atoms with E-state index in [9.17, 15) is 15.0 Å². The van der Waals surface area contributed by atoms with Crippen LogP contribution in [0.5, 0.6) is 11.5 Å². The fourth-order valence-electron chi connectivity index (χ4n) is 5.42. The highest BCUT2D eigenvalue weighted by atomic mass is 16.5. The molecule has 4 rings (SSSR count). The van der Waals surface area contributed by atoms with E-state index >= 15 is 0 Å². The van der Waals surface area contributed by atoms with E-state index in [4.69, 9.17) is 4.74 Å². The molecule has 1 aliphatic heterocycles. The molecule has 5 nitrogen and oxygen atoms in total. The van der Waals surface area contributed by atoms with Gasteiger partial charge in [0.2, 0.25) is 0 Å². The third-order valence-electron chi connectivity index (χ3n) is 7.04. The van der Waals surface area contributed by atoms with Crippen LogP contribution in [0.4, 0.5) is 5.69 Å². The Labute approximate surface area is 184 Å². The minimum atomic E-state index is -0.727. The molecule has 1 aliphatic carbocycles. The van der Waals surface area contributed by atoms with Crippen LogP contribution in [0, 0.1) is 11.8 Å². The lowest BCUT2D eigenvalue weighted by Crippen LogP contribution is -2.40. The molecule has 0 bridgehead atoms. The summed E-state index contributed by atoms with van der Waals surface area (Å²) in [6, 6.07) is 14.4. The highest BCUT2D eigenvalue weighted by Crippen LogP contribution is 2.52. The molecule has 2 unspecified atom stereocenters. The fourth-order valence-corrected chi connectivity index (χ4v) is 5.42. The zero-order valence-electron chi connectivity index (χ0n) is 18.4. The largest absolute Gasteiger partial charge is 0.507 e. The number of anilines is 1. The fraction of sp³-hybridized carbons (Fsp3) is 0.500. The molecular formula is C26H33NO4. The van der Waals surface area contributed by atoms with Gasteiger partial charge in [0.05, 0.1) is 12.0 Å². The SMILES string of the molecule is CC(CCCc1ccccc1)Oc1cc(O)c2c(c1)NC(C)[C@H]1CC[C@@H](C(=O)O)C[C@@H]21. The number of hydrogen-bond donors (Lipinski definition) is 3. The Hall–Kier alpha value is -2.69. The summed E-state index contributed by atoms with van der Waals surface area (Å²) in [6.07, 6.45) is 5.20. The number of aryl methyl sites for hydroxylation is 1. The Kier molecular flexibility index (Phi) is 6.40. The lowest BCUT2D eigenvalue weighted by Gasteiger charge is -2.44. The van der Waals surface area contributed by atoms with Crippen LogP contribution >= 0.6 is 0 Å². The molecule has 0 spiro atoms. The van der Waals surface area contributed by atoms with Gasteiger partial charge in [0.25, 0.3) is 0 Å². The van der Waals surface area contributed by atoms with Crippen LogP contribution in [0.15, 0.2) is 42.5 Å². The number of aliphatic carboxylic acids is 1. The maximum atomic E-state index is 11.6. The number of fused-ring (bicyclic) bond motifs is 3. The van der Waals surface area contributed by atoms with E-state index in [1.807, 2.05) is 12.1 Å². The van der Waals surface area contributed by atoms with Gasteiger partial charge in [-0.3, -0.25) is 4.79 Å². The molecule has 5 atom stereocenters. The zero-order valence-corrected chi connectivity index (χ0v) is 18.4. The van der Waals surface area contributed by atoms with Crippen molar-refractivity contribution >= 4 is 11.7 Å². The van der Waals surface area contributed by atoms with E-state index in [1.165, 1.54) is 5.56 Å². The molecule has 31 heavy (non-hydrogen) atoms. The Balaban J connectivity index is 1.44. The predicted octanol–water partition coefficient (Wildman–Crippen LogP) is 5.58. The van der Waals surface area contributed by atoms with Gasteiger partial charge in [0, 0.05) is 29.4 Å². The molecule has 1 fully saturated rings. The van der Waals surface area contributed by atoms with Crippen molar-refractivity contribution in [2.75, 3.05) is 5.32 Å². The second-order valence-corrected chi connectivity index (χ2v) is 9.26. The molecule has 166 valence electrons. The number of ether oxygens (including phenoxy) is 1. The second-order valence-electron chi connectivity index (χ2n) is 9.26. The van der Waals surface area contributed by atoms with E-state index in [-0.39, 0.29) is 29.7 Å². The number of phenols is 1. The Morgan fingerprint density at radius 3 is 2.74 bits per heavy atom. The van der Waals surface area contributed by atoms with Gasteiger partial charge in [-0.1, -0.05) is 30.3 Å². The van der Waals surface area contributed by atoms with Gasteiger partial charge in [-0.15, -0.1) is 0 Å². The molecule has 0 amide bonds. The number of phenolic OH excluding ortho intramolecular Hbond substituents is 1. The summed E-state index contributed by atoms with van der Waals surface area (Å²) in [5.41, 5.74) is 3.07. The van der Waals surface area contributed by atoms with Crippen molar-refractivity contribution in [3.63, 3.8) is 0 Å². The minimum Gasteiger partial charge on any atom is -0.507 e. The van der Waals surface area contributed by atoms with Crippen molar-refractivity contribution in [3.05, 3.63) is 53.6 Å². The monoisotopic (exact) mass is 423 g/mol. The molecule has 1 saturated carbocycles. The molecule has 2 aliphatic rings. The number of carboxylic acid groups (broad SMARTS) is 1. The number of carbonyl (C=O) groups is 1. The normalized spacial score (nSPS) is 25.6. The molecule has 0 aromatic heterocycles. The van der Waals surface area contributed by atoms with E-state index in [0.29, 0.717) is 24.5 Å². The first-order valence-corrected chi connectivity index (χ1v) is 11.5. The smallest absolute Gasteiger partial charge is 0.306 e. The third kappa shape index (κ3) is 4.81. The van der Waals surface area contributed by atoms with Crippen LogP contribution in [-0.4, -0.2) is 28.3 Å². The molecular weight excluding hydrogens is 390 g/mol. The van der Waals surface area contributed by atoms with Crippen LogP contribution in [-0.2, 0) is 11.2 Å². The summed E-state index contributed by atoms with van der Waals surface area (Å²) in [6.45, 7) is 4.21. The first kappa shape index (κ1) is 21.5. The van der Waals surface area contributed by atoms with E-state index in [1.54, 1.807) is 6.07 Å². The predicted molar refractivity (Wildman–Crippen MR) is 122 cm³/mol. The van der Waals surface area contributed by atoms with Crippen molar-refractivity contribution < 1.29 is 19.7 Å². The van der Waals surface area contributed by atoms with Gasteiger partial charge in [-0.2, -0.15) is 0 Å². The number of benzene rings is 2. The number of aromatic hydroxyl groups is 1. The van der Waals surface area contributed by atoms with E-state index in [2.05, 4.69) is 43.4 Å². The number of carboxylic acids is 1. The van der Waals surface area contributed by atoms with Gasteiger partial charge in [0.15, 0.2) is 0 Å². The number of nitrogens with one attached hydrogen (secondary N) is 1. The van der Waals surface area contributed by atoms with Gasteiger partial charge < -0.3 is 20.3 Å². The summed E-state index contributed by atoms with van der Waals surface area (Å²) in [7, 11) is 0. The highest BCUT2D eigenvalue weighted by molar-refractivity contribution is 5.71. The maximum absolute atomic E-state index is 11.6. The highest BCUT2D eigenvalue weighted by Gasteiger charge is 2.42. The van der Waals surface area contributed by atoms with Crippen molar-refractivity contribution in [2.45, 2.75) is 70.4 Å². The maximum Gasteiger partial charge on any atom is 0.306 e. The number of hydrogen-bond acceptors (Lipinski definition) is 4. The average Bonchev–Trinajstić information content (AvgIpc) is 2.73. The van der Waals surface area contributed by atoms with E-state index in [0.717, 1.165) is 36.9 Å². The van der Waals surface area contributed by atoms with Crippen molar-refractivity contribution in [1.82, 2.24) is 0 Å². The summed E-state index contributed by atoms with van der Waals surface area (Å²) < 4.78 is 6.14. The first-order chi connectivity index (χ1) is 14.9. The lowest BCUT2D eigenvalue weighted by molar-refractivity contribution is -0.143. The molecule has 5 heteroatoms. The van der Waals surface area contributed by atoms with Crippen LogP contribution < -0.4 is 10.1 Å². The van der Waals surface area contributed by atoms with Crippen molar-refractivity contribution in [3.8, 4) is 11.5 Å².